The van der Waals surface area contributed by atoms with Gasteiger partial charge in [0.05, 0.1) is 19.1 Å². The first-order valence-electron chi connectivity index (χ1n) is 3.39. The standard InChI is InChI=1S/C7H9NO2/c1-2-5-4-8-6(9)3-7(8)10-5/h2,5,7H,1,3-4H2/t5-,7+/m1/s1. The van der Waals surface area contributed by atoms with Crippen molar-refractivity contribution in [2.75, 3.05) is 6.54 Å². The Labute approximate surface area is 59.3 Å². The Hall–Kier alpha value is -0.830. The van der Waals surface area contributed by atoms with E-state index in [0.717, 1.165) is 0 Å². The molecule has 2 aliphatic heterocycles. The molecule has 2 heterocycles. The molecule has 0 saturated carbocycles. The van der Waals surface area contributed by atoms with E-state index in [1.54, 1.807) is 11.0 Å². The van der Waals surface area contributed by atoms with Crippen LogP contribution < -0.4 is 0 Å². The van der Waals surface area contributed by atoms with Crippen LogP contribution >= 0.6 is 0 Å². The molecule has 2 fully saturated rings. The zero-order valence-corrected chi connectivity index (χ0v) is 5.62. The number of carbonyl (C=O) groups is 1. The lowest BCUT2D eigenvalue weighted by Crippen LogP contribution is -2.48. The fourth-order valence-corrected chi connectivity index (χ4v) is 1.33. The number of rotatable bonds is 1. The summed E-state index contributed by atoms with van der Waals surface area (Å²) in [5, 5.41) is 0. The van der Waals surface area contributed by atoms with Gasteiger partial charge in [-0.1, -0.05) is 6.08 Å². The normalized spacial score (nSPS) is 37.2. The highest BCUT2D eigenvalue weighted by atomic mass is 16.5. The molecule has 10 heavy (non-hydrogen) atoms. The third kappa shape index (κ3) is 0.609. The minimum Gasteiger partial charge on any atom is -0.349 e. The summed E-state index contributed by atoms with van der Waals surface area (Å²) in [6.45, 7) is 4.30. The minimum absolute atomic E-state index is 0.0653. The van der Waals surface area contributed by atoms with Crippen molar-refractivity contribution in [3.8, 4) is 0 Å². The summed E-state index contributed by atoms with van der Waals surface area (Å²) in [5.41, 5.74) is 0. The van der Waals surface area contributed by atoms with E-state index in [1.165, 1.54) is 0 Å². The molecule has 2 rings (SSSR count). The van der Waals surface area contributed by atoms with Crippen LogP contribution in [0, 0.1) is 0 Å². The van der Waals surface area contributed by atoms with Gasteiger partial charge < -0.3 is 9.64 Å². The molecule has 0 aromatic rings. The van der Waals surface area contributed by atoms with Gasteiger partial charge in [0.15, 0.2) is 0 Å². The van der Waals surface area contributed by atoms with Crippen LogP contribution in [-0.4, -0.2) is 29.7 Å². The van der Waals surface area contributed by atoms with Crippen molar-refractivity contribution in [1.29, 1.82) is 0 Å². The minimum atomic E-state index is 0.0653. The van der Waals surface area contributed by atoms with Crippen molar-refractivity contribution in [2.24, 2.45) is 0 Å². The molecule has 2 saturated heterocycles. The molecule has 1 amide bonds. The molecule has 3 heteroatoms. The van der Waals surface area contributed by atoms with Crippen molar-refractivity contribution in [1.82, 2.24) is 4.90 Å². The van der Waals surface area contributed by atoms with Gasteiger partial charge in [-0.05, 0) is 0 Å². The van der Waals surface area contributed by atoms with Crippen molar-refractivity contribution < 1.29 is 9.53 Å². The molecule has 0 aromatic carbocycles. The van der Waals surface area contributed by atoms with E-state index >= 15 is 0 Å². The average Bonchev–Trinajstić information content (AvgIpc) is 2.26. The average molecular weight is 139 g/mol. The maximum atomic E-state index is 10.8. The molecule has 0 N–H and O–H groups in total. The van der Waals surface area contributed by atoms with Crippen LogP contribution in [-0.2, 0) is 9.53 Å². The molecule has 54 valence electrons. The number of hydrogen-bond acceptors (Lipinski definition) is 2. The second-order valence-corrected chi connectivity index (χ2v) is 2.62. The Morgan fingerprint density at radius 1 is 1.80 bits per heavy atom. The summed E-state index contributed by atoms with van der Waals surface area (Å²) < 4.78 is 5.37. The molecule has 0 radical (unpaired) electrons. The van der Waals surface area contributed by atoms with Crippen LogP contribution in [0.4, 0.5) is 0 Å². The smallest absolute Gasteiger partial charge is 0.229 e. The van der Waals surface area contributed by atoms with Crippen LogP contribution in [0.1, 0.15) is 6.42 Å². The second-order valence-electron chi connectivity index (χ2n) is 2.62. The summed E-state index contributed by atoms with van der Waals surface area (Å²) >= 11 is 0. The molecular formula is C7H9NO2. The Morgan fingerprint density at radius 3 is 3.10 bits per heavy atom. The maximum absolute atomic E-state index is 10.8. The van der Waals surface area contributed by atoms with Gasteiger partial charge >= 0.3 is 0 Å². The number of β-lactam (4-membered cyclic amide) rings is 1. The fraction of sp³-hybridized carbons (Fsp3) is 0.571. The first-order valence-corrected chi connectivity index (χ1v) is 3.39. The Kier molecular flexibility index (Phi) is 1.08. The van der Waals surface area contributed by atoms with Crippen LogP contribution in [0.3, 0.4) is 0 Å². The molecule has 2 aliphatic rings. The monoisotopic (exact) mass is 139 g/mol. The predicted octanol–water partition coefficient (Wildman–Crippen LogP) is 0.130. The first kappa shape index (κ1) is 5.92. The number of amides is 1. The lowest BCUT2D eigenvalue weighted by Gasteiger charge is -2.31. The molecule has 0 spiro atoms. The summed E-state index contributed by atoms with van der Waals surface area (Å²) in [7, 11) is 0. The van der Waals surface area contributed by atoms with Crippen molar-refractivity contribution in [3.63, 3.8) is 0 Å². The molecule has 0 aromatic heterocycles. The van der Waals surface area contributed by atoms with E-state index in [2.05, 4.69) is 6.58 Å². The zero-order valence-electron chi connectivity index (χ0n) is 5.62. The largest absolute Gasteiger partial charge is 0.349 e. The van der Waals surface area contributed by atoms with E-state index in [1.807, 2.05) is 0 Å². The van der Waals surface area contributed by atoms with Crippen LogP contribution in [0.5, 0.6) is 0 Å². The second kappa shape index (κ2) is 1.83. The number of nitrogens with zero attached hydrogens (tertiary/aromatic N) is 1. The van der Waals surface area contributed by atoms with Gasteiger partial charge in [-0.25, -0.2) is 0 Å². The fourth-order valence-electron chi connectivity index (χ4n) is 1.33. The van der Waals surface area contributed by atoms with E-state index < -0.39 is 0 Å². The highest BCUT2D eigenvalue weighted by Gasteiger charge is 2.44. The molecule has 3 nitrogen and oxygen atoms in total. The molecule has 2 atom stereocenters. The summed E-state index contributed by atoms with van der Waals surface area (Å²) in [4.78, 5) is 12.5. The van der Waals surface area contributed by atoms with Crippen molar-refractivity contribution in [2.45, 2.75) is 18.8 Å². The summed E-state index contributed by atoms with van der Waals surface area (Å²) in [5.74, 6) is 0.203. The van der Waals surface area contributed by atoms with Crippen LogP contribution in [0.25, 0.3) is 0 Å². The SMILES string of the molecule is C=C[C@@H]1CN2C(=O)C[C@@H]2O1. The third-order valence-corrected chi connectivity index (χ3v) is 1.99. The third-order valence-electron chi connectivity index (χ3n) is 1.99. The Bertz CT molecular complexity index is 190. The van der Waals surface area contributed by atoms with E-state index in [4.69, 9.17) is 4.74 Å². The van der Waals surface area contributed by atoms with Crippen molar-refractivity contribution in [3.05, 3.63) is 12.7 Å². The Morgan fingerprint density at radius 2 is 2.60 bits per heavy atom. The quantitative estimate of drug-likeness (QED) is 0.381. The van der Waals surface area contributed by atoms with Gasteiger partial charge in [0.1, 0.15) is 6.23 Å². The highest BCUT2D eigenvalue weighted by Crippen LogP contribution is 2.28. The van der Waals surface area contributed by atoms with Crippen LogP contribution in [0.2, 0.25) is 0 Å². The van der Waals surface area contributed by atoms with E-state index in [9.17, 15) is 4.79 Å². The molecule has 0 bridgehead atoms. The lowest BCUT2D eigenvalue weighted by molar-refractivity contribution is -0.155. The van der Waals surface area contributed by atoms with Gasteiger partial charge in [0.2, 0.25) is 5.91 Å². The van der Waals surface area contributed by atoms with Crippen molar-refractivity contribution >= 4 is 5.91 Å². The number of fused-ring (bicyclic) bond motifs is 1. The Balaban J connectivity index is 2.05. The van der Waals surface area contributed by atoms with Gasteiger partial charge in [-0.3, -0.25) is 4.79 Å². The van der Waals surface area contributed by atoms with Gasteiger partial charge in [-0.2, -0.15) is 0 Å². The lowest BCUT2D eigenvalue weighted by atomic mass is 10.2. The van der Waals surface area contributed by atoms with E-state index in [0.29, 0.717) is 13.0 Å². The summed E-state index contributed by atoms with van der Waals surface area (Å²) in [6.07, 6.45) is 2.43. The number of hydrogen-bond donors (Lipinski definition) is 0. The molecule has 0 unspecified atom stereocenters. The van der Waals surface area contributed by atoms with Crippen LogP contribution in [0.15, 0.2) is 12.7 Å². The van der Waals surface area contributed by atoms with Gasteiger partial charge in [-0.15, -0.1) is 6.58 Å². The number of ether oxygens (including phenoxy) is 1. The van der Waals surface area contributed by atoms with Gasteiger partial charge in [0.25, 0.3) is 0 Å². The number of carbonyl (C=O) groups excluding carboxylic acids is 1. The first-order chi connectivity index (χ1) is 4.81. The molecular weight excluding hydrogens is 130 g/mol. The van der Waals surface area contributed by atoms with Gasteiger partial charge in [0, 0.05) is 0 Å². The molecule has 0 aliphatic carbocycles. The highest BCUT2D eigenvalue weighted by molar-refractivity contribution is 5.83. The van der Waals surface area contributed by atoms with E-state index in [-0.39, 0.29) is 18.2 Å². The topological polar surface area (TPSA) is 29.5 Å². The maximum Gasteiger partial charge on any atom is 0.229 e. The zero-order chi connectivity index (χ0) is 7.14. The predicted molar refractivity (Wildman–Crippen MR) is 35.2 cm³/mol. The summed E-state index contributed by atoms with van der Waals surface area (Å²) in [6, 6.07) is 0.